The quantitative estimate of drug-likeness (QED) is 0.405. The van der Waals surface area contributed by atoms with E-state index in [1.54, 1.807) is 0 Å². The molecule has 2 rings (SSSR count). The SMILES string of the molecule is NNC(=O)COc1ccc(S(=O)(=O)Nc2ccc(F)cc2)cc1Cl. The average molecular weight is 374 g/mol. The van der Waals surface area contributed by atoms with E-state index in [0.717, 1.165) is 12.1 Å². The first-order valence-corrected chi connectivity index (χ1v) is 8.38. The van der Waals surface area contributed by atoms with Crippen molar-refractivity contribution in [3.8, 4) is 5.75 Å². The van der Waals surface area contributed by atoms with Crippen LogP contribution in [0.15, 0.2) is 47.4 Å². The number of benzene rings is 2. The standard InChI is InChI=1S/C14H13ClFN3O4S/c15-12-7-11(5-6-13(12)23-8-14(20)18-17)24(21,22)19-10-3-1-9(16)2-4-10/h1-7,19H,8,17H2,(H,18,20). The summed E-state index contributed by atoms with van der Waals surface area (Å²) in [4.78, 5) is 10.9. The van der Waals surface area contributed by atoms with Gasteiger partial charge in [-0.25, -0.2) is 18.7 Å². The zero-order valence-electron chi connectivity index (χ0n) is 12.1. The van der Waals surface area contributed by atoms with E-state index in [-0.39, 0.29) is 28.0 Å². The van der Waals surface area contributed by atoms with E-state index >= 15 is 0 Å². The number of carbonyl (C=O) groups is 1. The van der Waals surface area contributed by atoms with Gasteiger partial charge in [0.2, 0.25) is 0 Å². The molecule has 7 nitrogen and oxygen atoms in total. The molecule has 0 fully saturated rings. The van der Waals surface area contributed by atoms with E-state index in [1.165, 1.54) is 30.3 Å². The molecule has 0 saturated heterocycles. The number of nitrogens with one attached hydrogen (secondary N) is 2. The van der Waals surface area contributed by atoms with Crippen molar-refractivity contribution in [3.05, 3.63) is 53.3 Å². The van der Waals surface area contributed by atoms with Crippen LogP contribution in [0.4, 0.5) is 10.1 Å². The predicted octanol–water partition coefficient (Wildman–Crippen LogP) is 1.65. The lowest BCUT2D eigenvalue weighted by molar-refractivity contribution is -0.123. The molecule has 10 heteroatoms. The second kappa shape index (κ2) is 7.47. The molecule has 0 aliphatic carbocycles. The molecule has 0 aliphatic rings. The van der Waals surface area contributed by atoms with Crippen molar-refractivity contribution in [3.63, 3.8) is 0 Å². The molecule has 0 aliphatic heterocycles. The van der Waals surface area contributed by atoms with Crippen molar-refractivity contribution in [2.45, 2.75) is 4.90 Å². The van der Waals surface area contributed by atoms with Gasteiger partial charge in [-0.1, -0.05) is 11.6 Å². The van der Waals surface area contributed by atoms with Crippen LogP contribution in [0.3, 0.4) is 0 Å². The highest BCUT2D eigenvalue weighted by Gasteiger charge is 2.17. The first-order valence-electron chi connectivity index (χ1n) is 6.52. The van der Waals surface area contributed by atoms with Gasteiger partial charge in [0.25, 0.3) is 15.9 Å². The molecule has 24 heavy (non-hydrogen) atoms. The maximum absolute atomic E-state index is 12.9. The molecular weight excluding hydrogens is 361 g/mol. The van der Waals surface area contributed by atoms with Gasteiger partial charge in [-0.15, -0.1) is 0 Å². The van der Waals surface area contributed by atoms with Gasteiger partial charge in [0, 0.05) is 5.69 Å². The highest BCUT2D eigenvalue weighted by molar-refractivity contribution is 7.92. The van der Waals surface area contributed by atoms with Crippen LogP contribution in [-0.2, 0) is 14.8 Å². The Kier molecular flexibility index (Phi) is 5.60. The number of hydrogen-bond acceptors (Lipinski definition) is 5. The number of nitrogens with two attached hydrogens (primary N) is 1. The summed E-state index contributed by atoms with van der Waals surface area (Å²) >= 11 is 5.96. The van der Waals surface area contributed by atoms with Crippen LogP contribution in [0, 0.1) is 5.82 Å². The topological polar surface area (TPSA) is 111 Å². The molecule has 0 spiro atoms. The van der Waals surface area contributed by atoms with Crippen LogP contribution in [0.25, 0.3) is 0 Å². The Bertz CT molecular complexity index is 844. The zero-order valence-corrected chi connectivity index (χ0v) is 13.7. The summed E-state index contributed by atoms with van der Waals surface area (Å²) in [6, 6.07) is 8.57. The zero-order chi connectivity index (χ0) is 17.7. The van der Waals surface area contributed by atoms with Gasteiger partial charge < -0.3 is 4.74 Å². The second-order valence-corrected chi connectivity index (χ2v) is 6.65. The monoisotopic (exact) mass is 373 g/mol. The fraction of sp³-hybridized carbons (Fsp3) is 0.0714. The minimum absolute atomic E-state index is 0.00167. The number of rotatable bonds is 6. The fourth-order valence-electron chi connectivity index (χ4n) is 1.68. The number of carbonyl (C=O) groups excluding carboxylic acids is 1. The van der Waals surface area contributed by atoms with E-state index in [9.17, 15) is 17.6 Å². The molecule has 0 atom stereocenters. The van der Waals surface area contributed by atoms with E-state index in [1.807, 2.05) is 5.43 Å². The Morgan fingerprint density at radius 1 is 1.21 bits per heavy atom. The summed E-state index contributed by atoms with van der Waals surface area (Å²) < 4.78 is 44.8. The van der Waals surface area contributed by atoms with Crippen LogP contribution in [-0.4, -0.2) is 20.9 Å². The normalized spacial score (nSPS) is 11.0. The Morgan fingerprint density at radius 2 is 1.88 bits per heavy atom. The number of ether oxygens (including phenoxy) is 1. The van der Waals surface area contributed by atoms with E-state index in [0.29, 0.717) is 0 Å². The van der Waals surface area contributed by atoms with Crippen molar-refractivity contribution < 1.29 is 22.3 Å². The molecule has 0 heterocycles. The van der Waals surface area contributed by atoms with E-state index in [2.05, 4.69) is 4.72 Å². The molecule has 0 aromatic heterocycles. The Labute approximate surface area is 142 Å². The summed E-state index contributed by atoms with van der Waals surface area (Å²) in [6.07, 6.45) is 0. The van der Waals surface area contributed by atoms with Gasteiger partial charge in [0.15, 0.2) is 6.61 Å². The van der Waals surface area contributed by atoms with Gasteiger partial charge in [0.1, 0.15) is 11.6 Å². The Morgan fingerprint density at radius 3 is 2.46 bits per heavy atom. The van der Waals surface area contributed by atoms with Crippen LogP contribution in [0.5, 0.6) is 5.75 Å². The van der Waals surface area contributed by atoms with Gasteiger partial charge in [-0.3, -0.25) is 14.9 Å². The number of sulfonamides is 1. The molecule has 2 aromatic carbocycles. The molecule has 1 amide bonds. The van der Waals surface area contributed by atoms with E-state index in [4.69, 9.17) is 22.2 Å². The van der Waals surface area contributed by atoms with E-state index < -0.39 is 21.7 Å². The predicted molar refractivity (Wildman–Crippen MR) is 86.5 cm³/mol. The molecule has 0 unspecified atom stereocenters. The number of amides is 1. The third kappa shape index (κ3) is 4.57. The lowest BCUT2D eigenvalue weighted by Gasteiger charge is -2.11. The van der Waals surface area contributed by atoms with Gasteiger partial charge in [-0.05, 0) is 42.5 Å². The fourth-order valence-corrected chi connectivity index (χ4v) is 3.07. The van der Waals surface area contributed by atoms with Crippen molar-refractivity contribution in [2.75, 3.05) is 11.3 Å². The number of halogens is 2. The van der Waals surface area contributed by atoms with Crippen molar-refractivity contribution in [1.82, 2.24) is 5.43 Å². The highest BCUT2D eigenvalue weighted by Crippen LogP contribution is 2.28. The van der Waals surface area contributed by atoms with Gasteiger partial charge in [0.05, 0.1) is 9.92 Å². The summed E-state index contributed by atoms with van der Waals surface area (Å²) in [5, 5.41) is 0.00167. The lowest BCUT2D eigenvalue weighted by atomic mass is 10.3. The summed E-state index contributed by atoms with van der Waals surface area (Å²) in [5.41, 5.74) is 2.08. The third-order valence-electron chi connectivity index (χ3n) is 2.83. The molecule has 0 saturated carbocycles. The maximum atomic E-state index is 12.9. The molecule has 2 aromatic rings. The molecule has 128 valence electrons. The summed E-state index contributed by atoms with van der Waals surface area (Å²) in [6.45, 7) is -0.365. The van der Waals surface area contributed by atoms with Crippen LogP contribution < -0.4 is 20.7 Å². The Hall–Kier alpha value is -2.36. The van der Waals surface area contributed by atoms with Crippen molar-refractivity contribution in [2.24, 2.45) is 5.84 Å². The summed E-state index contributed by atoms with van der Waals surface area (Å²) in [5.74, 6) is 3.99. The molecule has 4 N–H and O–H groups in total. The molecule has 0 bridgehead atoms. The van der Waals surface area contributed by atoms with Crippen molar-refractivity contribution >= 4 is 33.2 Å². The minimum atomic E-state index is -3.91. The van der Waals surface area contributed by atoms with Crippen molar-refractivity contribution in [1.29, 1.82) is 0 Å². The maximum Gasteiger partial charge on any atom is 0.271 e. The number of hydrogen-bond donors (Lipinski definition) is 3. The minimum Gasteiger partial charge on any atom is -0.482 e. The summed E-state index contributed by atoms with van der Waals surface area (Å²) in [7, 11) is -3.91. The lowest BCUT2D eigenvalue weighted by Crippen LogP contribution is -2.34. The second-order valence-electron chi connectivity index (χ2n) is 4.56. The molecular formula is C14H13ClFN3O4S. The average Bonchev–Trinajstić information content (AvgIpc) is 2.55. The third-order valence-corrected chi connectivity index (χ3v) is 4.50. The number of hydrazine groups is 1. The van der Waals surface area contributed by atoms with Crippen LogP contribution >= 0.6 is 11.6 Å². The molecule has 0 radical (unpaired) electrons. The van der Waals surface area contributed by atoms with Crippen LogP contribution in [0.2, 0.25) is 5.02 Å². The largest absolute Gasteiger partial charge is 0.482 e. The van der Waals surface area contributed by atoms with Gasteiger partial charge in [-0.2, -0.15) is 0 Å². The number of anilines is 1. The first-order chi connectivity index (χ1) is 11.3. The van der Waals surface area contributed by atoms with Crippen LogP contribution in [0.1, 0.15) is 0 Å². The van der Waals surface area contributed by atoms with Gasteiger partial charge >= 0.3 is 0 Å². The highest BCUT2D eigenvalue weighted by atomic mass is 35.5. The first kappa shape index (κ1) is 18.0. The Balaban J connectivity index is 2.17. The smallest absolute Gasteiger partial charge is 0.271 e.